The van der Waals surface area contributed by atoms with Crippen LogP contribution < -0.4 is 5.32 Å². The third kappa shape index (κ3) is 1.56. The zero-order chi connectivity index (χ0) is 5.28. The van der Waals surface area contributed by atoms with E-state index in [-0.39, 0.29) is 12.4 Å². The molecule has 0 saturated carbocycles. The highest BCUT2D eigenvalue weighted by atomic mass is 35.5. The van der Waals surface area contributed by atoms with Gasteiger partial charge in [-0.25, -0.2) is 8.78 Å². The topological polar surface area (TPSA) is 12.0 Å². The van der Waals surface area contributed by atoms with Crippen LogP contribution in [0.1, 0.15) is 6.42 Å². The summed E-state index contributed by atoms with van der Waals surface area (Å²) in [6, 6.07) is -0.500. The molecular weight excluding hydrogens is 136 g/mol. The van der Waals surface area contributed by atoms with E-state index in [1.807, 2.05) is 0 Å². The van der Waals surface area contributed by atoms with Crippen LogP contribution in [0.15, 0.2) is 0 Å². The van der Waals surface area contributed by atoms with Gasteiger partial charge < -0.3 is 5.32 Å². The van der Waals surface area contributed by atoms with Crippen molar-refractivity contribution < 1.29 is 8.78 Å². The maximum Gasteiger partial charge on any atom is 0.253 e. The first-order valence-corrected chi connectivity index (χ1v) is 2.32. The minimum Gasteiger partial charge on any atom is -0.309 e. The van der Waals surface area contributed by atoms with Gasteiger partial charge in [0.15, 0.2) is 0 Å². The normalized spacial score (nSPS) is 26.6. The van der Waals surface area contributed by atoms with Crippen LogP contribution in [0.4, 0.5) is 8.78 Å². The molecule has 0 radical (unpaired) electrons. The Bertz CT molecular complexity index is 65.1. The number of rotatable bonds is 1. The van der Waals surface area contributed by atoms with Gasteiger partial charge in [-0.2, -0.15) is 0 Å². The average molecular weight is 144 g/mol. The van der Waals surface area contributed by atoms with Crippen LogP contribution in [0, 0.1) is 0 Å². The van der Waals surface area contributed by atoms with Gasteiger partial charge in [-0.15, -0.1) is 12.4 Å². The van der Waals surface area contributed by atoms with Gasteiger partial charge in [-0.1, -0.05) is 0 Å². The van der Waals surface area contributed by atoms with Gasteiger partial charge in [0.25, 0.3) is 6.43 Å². The lowest BCUT2D eigenvalue weighted by atomic mass is 10.1. The molecule has 1 nitrogen and oxygen atoms in total. The van der Waals surface area contributed by atoms with Crippen LogP contribution in [0.3, 0.4) is 0 Å². The smallest absolute Gasteiger partial charge is 0.253 e. The summed E-state index contributed by atoms with van der Waals surface area (Å²) in [4.78, 5) is 0. The van der Waals surface area contributed by atoms with Crippen molar-refractivity contribution in [2.24, 2.45) is 0 Å². The fraction of sp³-hybridized carbons (Fsp3) is 1.00. The first-order chi connectivity index (χ1) is 3.30. The van der Waals surface area contributed by atoms with E-state index in [9.17, 15) is 8.78 Å². The van der Waals surface area contributed by atoms with Crippen LogP contribution in [-0.4, -0.2) is 19.0 Å². The maximum atomic E-state index is 11.4. The second-order valence-corrected chi connectivity index (χ2v) is 1.68. The van der Waals surface area contributed by atoms with E-state index in [1.54, 1.807) is 0 Å². The minimum absolute atomic E-state index is 0. The number of hydrogen-bond donors (Lipinski definition) is 1. The molecule has 0 aromatic rings. The molecule has 1 aliphatic rings. The summed E-state index contributed by atoms with van der Waals surface area (Å²) in [7, 11) is 0. The van der Waals surface area contributed by atoms with E-state index in [2.05, 4.69) is 5.32 Å². The Morgan fingerprint density at radius 2 is 2.00 bits per heavy atom. The molecule has 0 bridgehead atoms. The van der Waals surface area contributed by atoms with Crippen molar-refractivity contribution in [2.75, 3.05) is 6.54 Å². The molecule has 1 aliphatic heterocycles. The molecule has 1 heterocycles. The van der Waals surface area contributed by atoms with Crippen LogP contribution in [0.25, 0.3) is 0 Å². The van der Waals surface area contributed by atoms with Gasteiger partial charge in [0.1, 0.15) is 0 Å². The first-order valence-electron chi connectivity index (χ1n) is 2.32. The van der Waals surface area contributed by atoms with Crippen molar-refractivity contribution in [1.82, 2.24) is 5.32 Å². The largest absolute Gasteiger partial charge is 0.309 e. The molecule has 1 N–H and O–H groups in total. The van der Waals surface area contributed by atoms with Crippen molar-refractivity contribution in [3.05, 3.63) is 0 Å². The zero-order valence-corrected chi connectivity index (χ0v) is 5.05. The van der Waals surface area contributed by atoms with Crippen LogP contribution in [-0.2, 0) is 0 Å². The van der Waals surface area contributed by atoms with E-state index < -0.39 is 12.5 Å². The molecular formula is C4H8ClF2N. The lowest BCUT2D eigenvalue weighted by molar-refractivity contribution is 0.0677. The van der Waals surface area contributed by atoms with Gasteiger partial charge in [-0.3, -0.25) is 0 Å². The van der Waals surface area contributed by atoms with Gasteiger partial charge >= 0.3 is 0 Å². The van der Waals surface area contributed by atoms with Gasteiger partial charge in [0.05, 0.1) is 6.04 Å². The summed E-state index contributed by atoms with van der Waals surface area (Å²) in [6.07, 6.45) is -1.52. The second-order valence-electron chi connectivity index (χ2n) is 1.68. The Balaban J connectivity index is 0.000000490. The minimum atomic E-state index is -2.16. The van der Waals surface area contributed by atoms with E-state index in [4.69, 9.17) is 0 Å². The Labute approximate surface area is 52.9 Å². The molecule has 0 spiro atoms. The fourth-order valence-corrected chi connectivity index (χ4v) is 0.526. The van der Waals surface area contributed by atoms with Crippen LogP contribution >= 0.6 is 12.4 Å². The number of hydrogen-bond acceptors (Lipinski definition) is 1. The summed E-state index contributed by atoms with van der Waals surface area (Å²) < 4.78 is 22.8. The molecule has 0 unspecified atom stereocenters. The summed E-state index contributed by atoms with van der Waals surface area (Å²) in [6.45, 7) is 0.759. The molecule has 0 amide bonds. The third-order valence-corrected chi connectivity index (χ3v) is 1.17. The lowest BCUT2D eigenvalue weighted by Crippen LogP contribution is -2.47. The molecule has 1 saturated heterocycles. The predicted molar refractivity (Wildman–Crippen MR) is 29.7 cm³/mol. The number of nitrogens with one attached hydrogen (secondary N) is 1. The van der Waals surface area contributed by atoms with E-state index >= 15 is 0 Å². The molecule has 8 heavy (non-hydrogen) atoms. The predicted octanol–water partition coefficient (Wildman–Crippen LogP) is 1.04. The van der Waals surface area contributed by atoms with Crippen LogP contribution in [0.5, 0.6) is 0 Å². The average Bonchev–Trinajstić information content (AvgIpc) is 1.23. The summed E-state index contributed by atoms with van der Waals surface area (Å²) in [5.41, 5.74) is 0. The number of halogens is 3. The molecule has 4 heteroatoms. The van der Waals surface area contributed by atoms with E-state index in [0.29, 0.717) is 6.42 Å². The Hall–Kier alpha value is 0.110. The summed E-state index contributed by atoms with van der Waals surface area (Å²) in [5, 5.41) is 2.59. The molecule has 0 aliphatic carbocycles. The fourth-order valence-electron chi connectivity index (χ4n) is 0.526. The second kappa shape index (κ2) is 3.20. The van der Waals surface area contributed by atoms with Crippen molar-refractivity contribution in [2.45, 2.75) is 18.9 Å². The molecule has 1 rings (SSSR count). The molecule has 50 valence electrons. The van der Waals surface area contributed by atoms with Crippen molar-refractivity contribution in [3.63, 3.8) is 0 Å². The summed E-state index contributed by atoms with van der Waals surface area (Å²) >= 11 is 0. The first kappa shape index (κ1) is 8.11. The zero-order valence-electron chi connectivity index (χ0n) is 4.23. The highest BCUT2D eigenvalue weighted by molar-refractivity contribution is 5.85. The van der Waals surface area contributed by atoms with Crippen molar-refractivity contribution >= 4 is 12.4 Å². The third-order valence-electron chi connectivity index (χ3n) is 1.17. The Morgan fingerprint density at radius 3 is 2.00 bits per heavy atom. The molecule has 1 fully saturated rings. The Kier molecular flexibility index (Phi) is 3.24. The molecule has 1 atom stereocenters. The van der Waals surface area contributed by atoms with Gasteiger partial charge in [0.2, 0.25) is 0 Å². The standard InChI is InChI=1S/C4H7F2N.ClH/c5-4(6)3-1-2-7-3;/h3-4,7H,1-2H2;1H/t3-;/m0./s1. The quantitative estimate of drug-likeness (QED) is 0.578. The van der Waals surface area contributed by atoms with Gasteiger partial charge in [0, 0.05) is 0 Å². The highest BCUT2D eigenvalue weighted by Gasteiger charge is 2.25. The van der Waals surface area contributed by atoms with E-state index in [1.165, 1.54) is 0 Å². The van der Waals surface area contributed by atoms with Crippen LogP contribution in [0.2, 0.25) is 0 Å². The van der Waals surface area contributed by atoms with E-state index in [0.717, 1.165) is 6.54 Å². The molecule has 0 aromatic heterocycles. The Morgan fingerprint density at radius 1 is 1.50 bits per heavy atom. The monoisotopic (exact) mass is 143 g/mol. The van der Waals surface area contributed by atoms with Crippen molar-refractivity contribution in [1.29, 1.82) is 0 Å². The highest BCUT2D eigenvalue weighted by Crippen LogP contribution is 2.10. The number of alkyl halides is 2. The molecule has 0 aromatic carbocycles. The van der Waals surface area contributed by atoms with Gasteiger partial charge in [-0.05, 0) is 13.0 Å². The summed E-state index contributed by atoms with van der Waals surface area (Å²) in [5.74, 6) is 0. The lowest BCUT2D eigenvalue weighted by Gasteiger charge is -2.26. The maximum absolute atomic E-state index is 11.4. The SMILES string of the molecule is Cl.FC(F)[C@@H]1CCN1. The van der Waals surface area contributed by atoms with Crippen molar-refractivity contribution in [3.8, 4) is 0 Å².